The van der Waals surface area contributed by atoms with Crippen LogP contribution in [0.1, 0.15) is 34.7 Å². The van der Waals surface area contributed by atoms with Crippen molar-refractivity contribution in [2.45, 2.75) is 32.9 Å². The number of rotatable bonds is 4. The van der Waals surface area contributed by atoms with Crippen molar-refractivity contribution in [2.24, 2.45) is 0 Å². The van der Waals surface area contributed by atoms with Gasteiger partial charge in [-0.05, 0) is 25.8 Å². The largest absolute Gasteiger partial charge is 0.389 e. The van der Waals surface area contributed by atoms with Crippen molar-refractivity contribution < 1.29 is 18.0 Å². The number of carbonyl (C=O) groups is 1. The Bertz CT molecular complexity index is 526. The number of Topliss-reactive ketones (excluding diaryl/α,β-unsaturated/α-hetero) is 1. The van der Waals surface area contributed by atoms with E-state index in [1.807, 2.05) is 0 Å². The second-order valence-corrected chi connectivity index (χ2v) is 4.44. The van der Waals surface area contributed by atoms with Gasteiger partial charge in [-0.15, -0.1) is 0 Å². The maximum Gasteiger partial charge on any atom is 0.389 e. The summed E-state index contributed by atoms with van der Waals surface area (Å²) >= 11 is 5.77. The van der Waals surface area contributed by atoms with Crippen molar-refractivity contribution in [2.75, 3.05) is 0 Å². The Morgan fingerprint density at radius 2 is 1.79 bits per heavy atom. The zero-order chi connectivity index (χ0) is 14.8. The minimum Gasteiger partial charge on any atom is -0.287 e. The number of hydrogen-bond acceptors (Lipinski definition) is 3. The predicted octanol–water partition coefficient (Wildman–Crippen LogP) is 3.83. The molecule has 7 heteroatoms. The van der Waals surface area contributed by atoms with Gasteiger partial charge < -0.3 is 0 Å². The van der Waals surface area contributed by atoms with E-state index in [1.54, 1.807) is 13.8 Å². The molecule has 0 aliphatic carbocycles. The van der Waals surface area contributed by atoms with E-state index in [0.29, 0.717) is 11.4 Å². The monoisotopic (exact) mass is 292 g/mol. The van der Waals surface area contributed by atoms with Gasteiger partial charge in [0.05, 0.1) is 11.4 Å². The number of alkyl halides is 3. The smallest absolute Gasteiger partial charge is 0.287 e. The number of aromatic nitrogens is 2. The highest BCUT2D eigenvalue weighted by atomic mass is 35.5. The summed E-state index contributed by atoms with van der Waals surface area (Å²) in [6.07, 6.45) is -5.91. The second kappa shape index (κ2) is 5.69. The first-order chi connectivity index (χ1) is 8.61. The topological polar surface area (TPSA) is 42.9 Å². The zero-order valence-electron chi connectivity index (χ0n) is 10.4. The van der Waals surface area contributed by atoms with Gasteiger partial charge >= 0.3 is 6.18 Å². The lowest BCUT2D eigenvalue weighted by Crippen LogP contribution is -2.13. The molecule has 0 bridgehead atoms. The molecule has 3 nitrogen and oxygen atoms in total. The van der Waals surface area contributed by atoms with Crippen molar-refractivity contribution in [3.8, 4) is 0 Å². The Labute approximate surface area is 113 Å². The van der Waals surface area contributed by atoms with Crippen LogP contribution >= 0.6 is 11.6 Å². The molecule has 0 unspecified atom stereocenters. The predicted molar refractivity (Wildman–Crippen MR) is 65.3 cm³/mol. The van der Waals surface area contributed by atoms with E-state index in [4.69, 9.17) is 11.6 Å². The van der Waals surface area contributed by atoms with E-state index in [-0.39, 0.29) is 16.4 Å². The summed E-state index contributed by atoms with van der Waals surface area (Å²) in [6.45, 7) is 6.65. The van der Waals surface area contributed by atoms with E-state index in [9.17, 15) is 18.0 Å². The molecule has 1 heterocycles. The van der Waals surface area contributed by atoms with Crippen LogP contribution < -0.4 is 0 Å². The average Bonchev–Trinajstić information content (AvgIpc) is 2.29. The lowest BCUT2D eigenvalue weighted by Gasteiger charge is -2.09. The van der Waals surface area contributed by atoms with E-state index in [1.165, 1.54) is 0 Å². The first kappa shape index (κ1) is 15.6. The molecule has 0 amide bonds. The summed E-state index contributed by atoms with van der Waals surface area (Å²) in [4.78, 5) is 19.7. The molecule has 0 atom stereocenters. The summed E-state index contributed by atoms with van der Waals surface area (Å²) < 4.78 is 36.2. The number of hydrogen-bond donors (Lipinski definition) is 0. The van der Waals surface area contributed by atoms with Crippen LogP contribution in [-0.4, -0.2) is 21.9 Å². The lowest BCUT2D eigenvalue weighted by atomic mass is 10.1. The Morgan fingerprint density at radius 1 is 1.26 bits per heavy atom. The van der Waals surface area contributed by atoms with Gasteiger partial charge in [-0.25, -0.2) is 9.97 Å². The highest BCUT2D eigenvalue weighted by Crippen LogP contribution is 2.25. The SMILES string of the molecule is C=C(CCC(F)(F)F)C(=O)c1nc(C)c(C)nc1Cl. The Balaban J connectivity index is 2.89. The highest BCUT2D eigenvalue weighted by Gasteiger charge is 2.28. The Morgan fingerprint density at radius 3 is 2.32 bits per heavy atom. The van der Waals surface area contributed by atoms with Crippen molar-refractivity contribution in [1.82, 2.24) is 9.97 Å². The van der Waals surface area contributed by atoms with Crippen LogP contribution in [0.2, 0.25) is 5.15 Å². The molecule has 0 spiro atoms. The van der Waals surface area contributed by atoms with Gasteiger partial charge in [-0.1, -0.05) is 18.2 Å². The molecule has 0 radical (unpaired) electrons. The number of allylic oxidation sites excluding steroid dienone is 1. The fraction of sp³-hybridized carbons (Fsp3) is 0.417. The molecular formula is C12H12ClF3N2O. The molecule has 0 aliphatic rings. The van der Waals surface area contributed by atoms with Crippen LogP contribution in [0.25, 0.3) is 0 Å². The number of halogens is 4. The minimum absolute atomic E-state index is 0.124. The van der Waals surface area contributed by atoms with Gasteiger partial charge in [0.1, 0.15) is 5.69 Å². The quantitative estimate of drug-likeness (QED) is 0.626. The maximum atomic E-state index is 12.1. The van der Waals surface area contributed by atoms with Crippen LogP contribution in [-0.2, 0) is 0 Å². The van der Waals surface area contributed by atoms with Crippen molar-refractivity contribution in [3.63, 3.8) is 0 Å². The molecule has 0 fully saturated rings. The molecule has 1 aromatic heterocycles. The maximum absolute atomic E-state index is 12.1. The standard InChI is InChI=1S/C12H12ClF3N2O/c1-6(4-5-12(14,15)16)10(19)9-11(13)18-8(3)7(2)17-9/h1,4-5H2,2-3H3. The fourth-order valence-corrected chi connectivity index (χ4v) is 1.55. The van der Waals surface area contributed by atoms with Crippen LogP contribution in [0.15, 0.2) is 12.2 Å². The third-order valence-electron chi connectivity index (χ3n) is 2.51. The summed E-state index contributed by atoms with van der Waals surface area (Å²) in [7, 11) is 0. The van der Waals surface area contributed by atoms with Crippen molar-refractivity contribution >= 4 is 17.4 Å². The third-order valence-corrected chi connectivity index (χ3v) is 2.77. The summed E-state index contributed by atoms with van der Waals surface area (Å²) in [6, 6.07) is 0. The molecule has 0 N–H and O–H groups in total. The molecule has 1 rings (SSSR count). The van der Waals surface area contributed by atoms with E-state index < -0.39 is 24.8 Å². The number of carbonyl (C=O) groups excluding carboxylic acids is 1. The average molecular weight is 293 g/mol. The Hall–Kier alpha value is -1.43. The Kier molecular flexibility index (Phi) is 4.68. The highest BCUT2D eigenvalue weighted by molar-refractivity contribution is 6.33. The van der Waals surface area contributed by atoms with Gasteiger partial charge in [0.15, 0.2) is 5.15 Å². The van der Waals surface area contributed by atoms with E-state index in [0.717, 1.165) is 0 Å². The van der Waals surface area contributed by atoms with Gasteiger partial charge in [-0.2, -0.15) is 13.2 Å². The molecule has 19 heavy (non-hydrogen) atoms. The number of ketones is 1. The van der Waals surface area contributed by atoms with Crippen molar-refractivity contribution in [3.05, 3.63) is 34.4 Å². The molecular weight excluding hydrogens is 281 g/mol. The molecule has 0 aliphatic heterocycles. The normalized spacial score (nSPS) is 11.5. The second-order valence-electron chi connectivity index (χ2n) is 4.08. The number of nitrogens with zero attached hydrogens (tertiary/aromatic N) is 2. The zero-order valence-corrected chi connectivity index (χ0v) is 11.2. The number of aryl methyl sites for hydroxylation is 2. The summed E-state index contributed by atoms with van der Waals surface area (Å²) in [5, 5.41) is -0.124. The van der Waals surface area contributed by atoms with Gasteiger partial charge in [0.2, 0.25) is 5.78 Å². The summed E-state index contributed by atoms with van der Waals surface area (Å²) in [5.74, 6) is -0.704. The molecule has 104 valence electrons. The first-order valence-electron chi connectivity index (χ1n) is 5.42. The van der Waals surface area contributed by atoms with Crippen LogP contribution in [0, 0.1) is 13.8 Å². The van der Waals surface area contributed by atoms with E-state index in [2.05, 4.69) is 16.5 Å². The van der Waals surface area contributed by atoms with Gasteiger partial charge in [-0.3, -0.25) is 4.79 Å². The van der Waals surface area contributed by atoms with Crippen LogP contribution in [0.5, 0.6) is 0 Å². The van der Waals surface area contributed by atoms with Crippen LogP contribution in [0.4, 0.5) is 13.2 Å². The third kappa shape index (κ3) is 4.31. The lowest BCUT2D eigenvalue weighted by molar-refractivity contribution is -0.133. The molecule has 1 aromatic rings. The minimum atomic E-state index is -4.33. The molecule has 0 aromatic carbocycles. The summed E-state index contributed by atoms with van der Waals surface area (Å²) in [5.41, 5.74) is 0.715. The first-order valence-corrected chi connectivity index (χ1v) is 5.79. The van der Waals surface area contributed by atoms with Crippen LogP contribution in [0.3, 0.4) is 0 Å². The van der Waals surface area contributed by atoms with Gasteiger partial charge in [0.25, 0.3) is 0 Å². The molecule has 0 saturated heterocycles. The van der Waals surface area contributed by atoms with Crippen molar-refractivity contribution in [1.29, 1.82) is 0 Å². The molecule has 0 saturated carbocycles. The van der Waals surface area contributed by atoms with E-state index >= 15 is 0 Å². The van der Waals surface area contributed by atoms with Gasteiger partial charge in [0, 0.05) is 6.42 Å². The fourth-order valence-electron chi connectivity index (χ4n) is 1.29.